The molecule has 0 aromatic carbocycles. The van der Waals surface area contributed by atoms with Gasteiger partial charge >= 0.3 is 0 Å². The lowest BCUT2D eigenvalue weighted by Gasteiger charge is -2.30. The number of nitrogens with one attached hydrogen (secondary N) is 1. The molecule has 0 radical (unpaired) electrons. The molecule has 1 heterocycles. The van der Waals surface area contributed by atoms with Gasteiger partial charge in [-0.25, -0.2) is 0 Å². The molecule has 3 heteroatoms. The molecule has 1 amide bonds. The fourth-order valence-corrected chi connectivity index (χ4v) is 1.94. The average Bonchev–Trinajstić information content (AvgIpc) is 2.19. The van der Waals surface area contributed by atoms with E-state index in [1.54, 1.807) is 0 Å². The minimum atomic E-state index is 0.793. The average molecular weight is 184 g/mol. The molecule has 0 aromatic heterocycles. The Morgan fingerprint density at radius 2 is 2.15 bits per heavy atom. The summed E-state index contributed by atoms with van der Waals surface area (Å²) < 4.78 is 0. The molecule has 0 unspecified atom stereocenters. The topological polar surface area (TPSA) is 32.3 Å². The van der Waals surface area contributed by atoms with Gasteiger partial charge in [-0.05, 0) is 44.8 Å². The number of carbonyl (C=O) groups excluding carboxylic acids is 1. The molecule has 76 valence electrons. The van der Waals surface area contributed by atoms with Crippen LogP contribution in [0.25, 0.3) is 0 Å². The third-order valence-electron chi connectivity index (χ3n) is 2.93. The predicted octanol–water partition coefficient (Wildman–Crippen LogP) is 0.854. The van der Waals surface area contributed by atoms with Crippen LogP contribution in [0.3, 0.4) is 0 Å². The summed E-state index contributed by atoms with van der Waals surface area (Å²) in [5, 5.41) is 2.73. The smallest absolute Gasteiger partial charge is 0.207 e. The lowest BCUT2D eigenvalue weighted by atomic mass is 9.94. The van der Waals surface area contributed by atoms with Crippen LogP contribution < -0.4 is 5.32 Å². The highest BCUT2D eigenvalue weighted by molar-refractivity contribution is 5.45. The molecule has 0 bridgehead atoms. The Bertz CT molecular complexity index is 142. The zero-order valence-corrected chi connectivity index (χ0v) is 8.46. The summed E-state index contributed by atoms with van der Waals surface area (Å²) in [4.78, 5) is 12.5. The molecular weight excluding hydrogens is 164 g/mol. The SMILES string of the molecule is CCN1CCC(CCNC=O)CC1. The summed E-state index contributed by atoms with van der Waals surface area (Å²) in [5.41, 5.74) is 0. The molecule has 1 N–H and O–H groups in total. The van der Waals surface area contributed by atoms with Crippen molar-refractivity contribution in [3.05, 3.63) is 0 Å². The van der Waals surface area contributed by atoms with Gasteiger partial charge in [-0.1, -0.05) is 6.92 Å². The van der Waals surface area contributed by atoms with E-state index in [0.717, 1.165) is 25.3 Å². The molecule has 1 aliphatic rings. The minimum Gasteiger partial charge on any atom is -0.359 e. The Labute approximate surface area is 80.5 Å². The van der Waals surface area contributed by atoms with Crippen molar-refractivity contribution in [3.8, 4) is 0 Å². The van der Waals surface area contributed by atoms with Crippen molar-refractivity contribution < 1.29 is 4.79 Å². The van der Waals surface area contributed by atoms with E-state index in [2.05, 4.69) is 17.1 Å². The van der Waals surface area contributed by atoms with E-state index >= 15 is 0 Å². The second-order valence-electron chi connectivity index (χ2n) is 3.74. The van der Waals surface area contributed by atoms with Crippen LogP contribution in [0.5, 0.6) is 0 Å². The normalized spacial score (nSPS) is 20.1. The van der Waals surface area contributed by atoms with Crippen molar-refractivity contribution in [2.45, 2.75) is 26.2 Å². The second kappa shape index (κ2) is 5.97. The van der Waals surface area contributed by atoms with Gasteiger partial charge in [0.2, 0.25) is 6.41 Å². The summed E-state index contributed by atoms with van der Waals surface area (Å²) in [6.45, 7) is 6.72. The molecule has 1 saturated heterocycles. The molecule has 0 spiro atoms. The van der Waals surface area contributed by atoms with E-state index < -0.39 is 0 Å². The zero-order chi connectivity index (χ0) is 9.52. The highest BCUT2D eigenvalue weighted by Crippen LogP contribution is 2.19. The Kier molecular flexibility index (Phi) is 4.83. The lowest BCUT2D eigenvalue weighted by molar-refractivity contribution is -0.109. The number of hydrogen-bond acceptors (Lipinski definition) is 2. The molecule has 3 nitrogen and oxygen atoms in total. The molecule has 0 saturated carbocycles. The Balaban J connectivity index is 2.06. The quantitative estimate of drug-likeness (QED) is 0.507. The first-order chi connectivity index (χ1) is 6.36. The summed E-state index contributed by atoms with van der Waals surface area (Å²) in [6.07, 6.45) is 4.54. The standard InChI is InChI=1S/C10H20N2O/c1-2-12-7-4-10(5-8-12)3-6-11-9-13/h9-10H,2-8H2,1H3,(H,11,13). The first-order valence-electron chi connectivity index (χ1n) is 5.26. The Hall–Kier alpha value is -0.570. The number of hydrogen-bond donors (Lipinski definition) is 1. The number of carbonyl (C=O) groups is 1. The summed E-state index contributed by atoms with van der Waals surface area (Å²) >= 11 is 0. The van der Waals surface area contributed by atoms with Crippen molar-refractivity contribution in [2.75, 3.05) is 26.2 Å². The monoisotopic (exact) mass is 184 g/mol. The Morgan fingerprint density at radius 3 is 2.69 bits per heavy atom. The maximum absolute atomic E-state index is 10.0. The first-order valence-corrected chi connectivity index (χ1v) is 5.26. The molecule has 0 atom stereocenters. The van der Waals surface area contributed by atoms with E-state index in [4.69, 9.17) is 0 Å². The Morgan fingerprint density at radius 1 is 1.46 bits per heavy atom. The molecule has 1 rings (SSSR count). The predicted molar refractivity (Wildman–Crippen MR) is 53.5 cm³/mol. The van der Waals surface area contributed by atoms with Crippen LogP contribution in [0.15, 0.2) is 0 Å². The fraction of sp³-hybridized carbons (Fsp3) is 0.900. The number of nitrogens with zero attached hydrogens (tertiary/aromatic N) is 1. The highest BCUT2D eigenvalue weighted by Gasteiger charge is 2.16. The summed E-state index contributed by atoms with van der Waals surface area (Å²) in [5.74, 6) is 0.829. The van der Waals surface area contributed by atoms with Crippen LogP contribution in [0, 0.1) is 5.92 Å². The summed E-state index contributed by atoms with van der Waals surface area (Å²) in [7, 11) is 0. The van der Waals surface area contributed by atoms with Crippen LogP contribution in [0.1, 0.15) is 26.2 Å². The first kappa shape index (κ1) is 10.5. The van der Waals surface area contributed by atoms with Crippen LogP contribution in [-0.2, 0) is 4.79 Å². The largest absolute Gasteiger partial charge is 0.359 e. The highest BCUT2D eigenvalue weighted by atomic mass is 16.1. The van der Waals surface area contributed by atoms with Crippen LogP contribution in [-0.4, -0.2) is 37.5 Å². The summed E-state index contributed by atoms with van der Waals surface area (Å²) in [6, 6.07) is 0. The number of likely N-dealkylation sites (tertiary alicyclic amines) is 1. The third-order valence-corrected chi connectivity index (χ3v) is 2.93. The molecule has 0 aromatic rings. The second-order valence-corrected chi connectivity index (χ2v) is 3.74. The van der Waals surface area contributed by atoms with Gasteiger partial charge in [-0.15, -0.1) is 0 Å². The van der Waals surface area contributed by atoms with Crippen LogP contribution >= 0.6 is 0 Å². The van der Waals surface area contributed by atoms with Gasteiger partial charge in [0.1, 0.15) is 0 Å². The van der Waals surface area contributed by atoms with E-state index in [-0.39, 0.29) is 0 Å². The zero-order valence-electron chi connectivity index (χ0n) is 8.46. The van der Waals surface area contributed by atoms with E-state index in [0.29, 0.717) is 0 Å². The molecule has 13 heavy (non-hydrogen) atoms. The van der Waals surface area contributed by atoms with Gasteiger partial charge in [0, 0.05) is 6.54 Å². The fourth-order valence-electron chi connectivity index (χ4n) is 1.94. The maximum Gasteiger partial charge on any atom is 0.207 e. The number of piperidine rings is 1. The molecule has 1 aliphatic heterocycles. The van der Waals surface area contributed by atoms with E-state index in [1.807, 2.05) is 0 Å². The lowest BCUT2D eigenvalue weighted by Crippen LogP contribution is -2.34. The minimum absolute atomic E-state index is 0.793. The molecule has 0 aliphatic carbocycles. The van der Waals surface area contributed by atoms with Crippen LogP contribution in [0.4, 0.5) is 0 Å². The van der Waals surface area contributed by atoms with Crippen LogP contribution in [0.2, 0.25) is 0 Å². The van der Waals surface area contributed by atoms with E-state index in [9.17, 15) is 4.79 Å². The van der Waals surface area contributed by atoms with Gasteiger partial charge in [0.25, 0.3) is 0 Å². The van der Waals surface area contributed by atoms with Gasteiger partial charge < -0.3 is 10.2 Å². The van der Waals surface area contributed by atoms with Crippen molar-refractivity contribution in [1.29, 1.82) is 0 Å². The van der Waals surface area contributed by atoms with Crippen molar-refractivity contribution in [3.63, 3.8) is 0 Å². The van der Waals surface area contributed by atoms with Gasteiger partial charge in [-0.2, -0.15) is 0 Å². The van der Waals surface area contributed by atoms with Gasteiger partial charge in [0.05, 0.1) is 0 Å². The van der Waals surface area contributed by atoms with Crippen molar-refractivity contribution in [1.82, 2.24) is 10.2 Å². The third kappa shape index (κ3) is 3.77. The maximum atomic E-state index is 10.0. The number of amides is 1. The van der Waals surface area contributed by atoms with E-state index in [1.165, 1.54) is 32.5 Å². The molecular formula is C10H20N2O. The van der Waals surface area contributed by atoms with Gasteiger partial charge in [0.15, 0.2) is 0 Å². The van der Waals surface area contributed by atoms with Crippen molar-refractivity contribution >= 4 is 6.41 Å². The van der Waals surface area contributed by atoms with Crippen molar-refractivity contribution in [2.24, 2.45) is 5.92 Å². The van der Waals surface area contributed by atoms with Gasteiger partial charge in [-0.3, -0.25) is 4.79 Å². The molecule has 1 fully saturated rings. The number of rotatable bonds is 5.